The molecule has 0 aromatic heterocycles. The van der Waals surface area contributed by atoms with Crippen molar-refractivity contribution in [3.05, 3.63) is 0 Å². The summed E-state index contributed by atoms with van der Waals surface area (Å²) in [5, 5.41) is 0. The van der Waals surface area contributed by atoms with Gasteiger partial charge in [-0.25, -0.2) is 0 Å². The second kappa shape index (κ2) is 6.54. The van der Waals surface area contributed by atoms with E-state index in [2.05, 4.69) is 4.90 Å². The molecule has 0 aromatic carbocycles. The van der Waals surface area contributed by atoms with Crippen molar-refractivity contribution in [2.24, 2.45) is 0 Å². The number of rotatable bonds is 2. The first kappa shape index (κ1) is 15.9. The number of hydrogen-bond acceptors (Lipinski definition) is 4. The maximum absolute atomic E-state index is 6.28. The van der Waals surface area contributed by atoms with Crippen LogP contribution in [0.5, 0.6) is 0 Å². The van der Waals surface area contributed by atoms with E-state index < -0.39 is 22.3 Å². The van der Waals surface area contributed by atoms with Gasteiger partial charge in [0, 0.05) is 0 Å². The Hall–Kier alpha value is 1.54. The van der Waals surface area contributed by atoms with Crippen LogP contribution in [0.2, 0.25) is 0 Å². The zero-order valence-corrected chi connectivity index (χ0v) is 14.8. The average Bonchev–Trinajstić information content (AvgIpc) is 2.43. The van der Waals surface area contributed by atoms with Crippen molar-refractivity contribution in [1.82, 2.24) is 4.90 Å². The molecule has 3 rings (SSSR count). The molecule has 106 valence electrons. The molecule has 9 heteroatoms. The minimum absolute atomic E-state index is 0.474. The van der Waals surface area contributed by atoms with E-state index in [1.807, 2.05) is 0 Å². The molecule has 0 aromatic rings. The second-order valence-corrected chi connectivity index (χ2v) is 13.8. The Balaban J connectivity index is 2.25. The van der Waals surface area contributed by atoms with Crippen LogP contribution in [-0.4, -0.2) is 66.6 Å². The van der Waals surface area contributed by atoms with Gasteiger partial charge >= 0.3 is 131 Å². The van der Waals surface area contributed by atoms with E-state index in [1.54, 1.807) is 0 Å². The van der Waals surface area contributed by atoms with Crippen molar-refractivity contribution >= 4 is 60.7 Å². The third-order valence-corrected chi connectivity index (χ3v) is 13.7. The Morgan fingerprint density at radius 3 is 2.06 bits per heavy atom. The van der Waals surface area contributed by atoms with Crippen LogP contribution in [-0.2, 0) is 11.3 Å². The summed E-state index contributed by atoms with van der Waals surface area (Å²) in [5.74, 6) is 0. The Morgan fingerprint density at radius 2 is 1.50 bits per heavy atom. The van der Waals surface area contributed by atoms with E-state index in [1.165, 1.54) is 0 Å². The molecule has 0 N–H and O–H groups in total. The van der Waals surface area contributed by atoms with E-state index in [-0.39, 0.29) is 0 Å². The van der Waals surface area contributed by atoms with Gasteiger partial charge in [0.05, 0.1) is 0 Å². The van der Waals surface area contributed by atoms with Crippen LogP contribution < -0.4 is 0 Å². The van der Waals surface area contributed by atoms with Crippen LogP contribution in [0.3, 0.4) is 0 Å². The van der Waals surface area contributed by atoms with Gasteiger partial charge in [-0.15, -0.1) is 0 Å². The van der Waals surface area contributed by atoms with E-state index in [4.69, 9.17) is 57.7 Å². The summed E-state index contributed by atoms with van der Waals surface area (Å²) in [6.45, 7) is 4.03. The quantitative estimate of drug-likeness (QED) is 0.526. The van der Waals surface area contributed by atoms with Crippen LogP contribution in [0.1, 0.15) is 6.42 Å². The maximum atomic E-state index is 6.28. The number of nitrogens with zero attached hydrogens (tertiary/aromatic N) is 1. The Bertz CT molecular complexity index is 279. The molecule has 0 saturated carbocycles. The molecule has 0 unspecified atom stereocenters. The van der Waals surface area contributed by atoms with E-state index in [9.17, 15) is 0 Å². The van der Waals surface area contributed by atoms with Gasteiger partial charge in [0.15, 0.2) is 0 Å². The fourth-order valence-electron chi connectivity index (χ4n) is 2.00. The molecule has 3 saturated heterocycles. The molecule has 0 amide bonds. The van der Waals surface area contributed by atoms with Crippen molar-refractivity contribution in [3.8, 4) is 0 Å². The van der Waals surface area contributed by atoms with E-state index >= 15 is 0 Å². The van der Waals surface area contributed by atoms with Gasteiger partial charge in [-0.1, -0.05) is 0 Å². The monoisotopic (exact) mass is 399 g/mol. The predicted octanol–water partition coefficient (Wildman–Crippen LogP) is 2.21. The molecule has 3 aliphatic rings. The third kappa shape index (κ3) is 3.23. The van der Waals surface area contributed by atoms with E-state index in [0.29, 0.717) is 19.8 Å². The average molecular weight is 400 g/mol. The molecular weight excluding hydrogens is 385 g/mol. The van der Waals surface area contributed by atoms with Crippen molar-refractivity contribution in [3.63, 3.8) is 0 Å². The molecule has 2 bridgehead atoms. The van der Waals surface area contributed by atoms with Crippen molar-refractivity contribution < 1.29 is 11.3 Å². The molecule has 18 heavy (non-hydrogen) atoms. The van der Waals surface area contributed by atoms with Crippen molar-refractivity contribution in [1.29, 1.82) is 0 Å². The third-order valence-electron chi connectivity index (χ3n) is 2.99. The molecular formula is C9H15Cl4GeNO3. The van der Waals surface area contributed by atoms with Gasteiger partial charge in [0.2, 0.25) is 0 Å². The second-order valence-electron chi connectivity index (χ2n) is 4.22. The van der Waals surface area contributed by atoms with Gasteiger partial charge in [-0.05, 0) is 0 Å². The van der Waals surface area contributed by atoms with Gasteiger partial charge in [0.25, 0.3) is 0 Å². The molecule has 4 nitrogen and oxygen atoms in total. The fourth-order valence-corrected chi connectivity index (χ4v) is 9.76. The summed E-state index contributed by atoms with van der Waals surface area (Å²) in [6, 6.07) is 0. The van der Waals surface area contributed by atoms with Crippen LogP contribution >= 0.6 is 46.4 Å². The van der Waals surface area contributed by atoms with Gasteiger partial charge in [-0.2, -0.15) is 0 Å². The molecule has 0 aliphatic carbocycles. The first-order valence-electron chi connectivity index (χ1n) is 5.78. The molecule has 3 aliphatic heterocycles. The van der Waals surface area contributed by atoms with Gasteiger partial charge < -0.3 is 0 Å². The molecule has 0 radical (unpaired) electrons. The topological polar surface area (TPSA) is 30.9 Å². The van der Waals surface area contributed by atoms with Crippen LogP contribution in [0, 0.1) is 0 Å². The number of alkyl halides is 4. The SMILES string of the molecule is ClC(Cl)[C](Cl)(Cl)[Ge]12[O]CCCN(CC[O]1)CC[O]2. The summed E-state index contributed by atoms with van der Waals surface area (Å²) < 4.78 is 16.0. The zero-order valence-electron chi connectivity index (χ0n) is 9.71. The van der Waals surface area contributed by atoms with Crippen molar-refractivity contribution in [2.45, 2.75) is 14.4 Å². The Kier molecular flexibility index (Phi) is 5.78. The Morgan fingerprint density at radius 1 is 0.944 bits per heavy atom. The summed E-state index contributed by atoms with van der Waals surface area (Å²) in [6.07, 6.45) is 0.888. The summed E-state index contributed by atoms with van der Waals surface area (Å²) in [5.41, 5.74) is 0. The molecule has 0 spiro atoms. The molecule has 0 atom stereocenters. The molecule has 3 heterocycles. The first-order valence-corrected chi connectivity index (χ1v) is 11.0. The van der Waals surface area contributed by atoms with Crippen LogP contribution in [0.4, 0.5) is 0 Å². The number of fused-ring (bicyclic) bond motifs is 7. The normalized spacial score (nSPS) is 34.8. The standard InChI is InChI=1S/C9H15Cl4GeNO3/c10-8(11)9(12,13)14-16-5-1-2-15(3-6-17-14)4-7-18-14/h8H,1-7H2. The van der Waals surface area contributed by atoms with Crippen LogP contribution in [0.15, 0.2) is 0 Å². The van der Waals surface area contributed by atoms with Gasteiger partial charge in [-0.3, -0.25) is 0 Å². The molecule has 3 fully saturated rings. The Labute approximate surface area is 130 Å². The van der Waals surface area contributed by atoms with Crippen molar-refractivity contribution in [2.75, 3.05) is 39.5 Å². The van der Waals surface area contributed by atoms with Crippen LogP contribution in [0.25, 0.3) is 0 Å². The first-order chi connectivity index (χ1) is 8.48. The zero-order chi connectivity index (χ0) is 13.2. The summed E-state index contributed by atoms with van der Waals surface area (Å²) in [7, 11) is 0. The summed E-state index contributed by atoms with van der Waals surface area (Å²) >= 11 is 20.4. The van der Waals surface area contributed by atoms with E-state index in [0.717, 1.165) is 26.1 Å². The predicted molar refractivity (Wildman–Crippen MR) is 74.6 cm³/mol. The summed E-state index contributed by atoms with van der Waals surface area (Å²) in [4.78, 5) is 1.25. The fraction of sp³-hybridized carbons (Fsp3) is 1.00. The van der Waals surface area contributed by atoms with Gasteiger partial charge in [0.1, 0.15) is 0 Å². The number of halogens is 4. The minimum atomic E-state index is -3.90. The number of hydrogen-bond donors (Lipinski definition) is 0.